The van der Waals surface area contributed by atoms with Crippen LogP contribution in [0.3, 0.4) is 0 Å². The van der Waals surface area contributed by atoms with Crippen LogP contribution in [0.25, 0.3) is 10.9 Å². The number of hydrogen-bond donors (Lipinski definition) is 1. The molecule has 0 spiro atoms. The maximum absolute atomic E-state index is 14.3. The zero-order valence-electron chi connectivity index (χ0n) is 11.8. The van der Waals surface area contributed by atoms with E-state index in [0.29, 0.717) is 15.7 Å². The highest BCUT2D eigenvalue weighted by atomic mass is 79.9. The van der Waals surface area contributed by atoms with Crippen molar-refractivity contribution in [2.24, 2.45) is 0 Å². The fourth-order valence-electron chi connectivity index (χ4n) is 2.60. The van der Waals surface area contributed by atoms with E-state index in [1.54, 1.807) is 19.9 Å². The summed E-state index contributed by atoms with van der Waals surface area (Å²) in [6.07, 6.45) is 0. The monoisotopic (exact) mass is 338 g/mol. The second-order valence-corrected chi connectivity index (χ2v) is 6.56. The van der Waals surface area contributed by atoms with E-state index in [1.807, 2.05) is 24.5 Å². The molecule has 0 fully saturated rings. The Morgan fingerprint density at radius 2 is 2.00 bits per heavy atom. The molecule has 0 atom stereocenters. The minimum absolute atomic E-state index is 0.00488. The fourth-order valence-corrected chi connectivity index (χ4v) is 3.02. The van der Waals surface area contributed by atoms with E-state index in [-0.39, 0.29) is 17.0 Å². The third-order valence-corrected chi connectivity index (χ3v) is 3.69. The Hall–Kier alpha value is -1.38. The molecule has 3 nitrogen and oxygen atoms in total. The summed E-state index contributed by atoms with van der Waals surface area (Å²) in [6.45, 7) is 7.09. The molecular weight excluding hydrogens is 323 g/mol. The topological polar surface area (TPSA) is 49.0 Å². The van der Waals surface area contributed by atoms with Crippen LogP contribution in [0, 0.1) is 17.1 Å². The van der Waals surface area contributed by atoms with Crippen LogP contribution < -0.4 is 0 Å². The van der Waals surface area contributed by atoms with Gasteiger partial charge in [-0.25, -0.2) is 4.39 Å². The van der Waals surface area contributed by atoms with Crippen molar-refractivity contribution in [3.05, 3.63) is 33.7 Å². The molecule has 1 heterocycles. The van der Waals surface area contributed by atoms with Gasteiger partial charge in [0.15, 0.2) is 0 Å². The number of aromatic nitrogens is 1. The molecule has 0 aliphatic heterocycles. The van der Waals surface area contributed by atoms with Gasteiger partial charge in [0.2, 0.25) is 0 Å². The average Bonchev–Trinajstić information content (AvgIpc) is 2.62. The summed E-state index contributed by atoms with van der Waals surface area (Å²) in [7, 11) is 0. The van der Waals surface area contributed by atoms with E-state index in [1.165, 1.54) is 6.07 Å². The zero-order valence-corrected chi connectivity index (χ0v) is 13.4. The first-order chi connectivity index (χ1) is 9.18. The van der Waals surface area contributed by atoms with Crippen molar-refractivity contribution in [1.82, 2.24) is 4.57 Å². The molecular formula is C15H16BrFN2O. The SMILES string of the molecule is CC(C)n1c(C(C)(C)O)c(C#N)c2c(F)cc(Br)cc21. The maximum atomic E-state index is 14.3. The van der Waals surface area contributed by atoms with Gasteiger partial charge in [0.05, 0.1) is 22.2 Å². The quantitative estimate of drug-likeness (QED) is 0.890. The predicted octanol–water partition coefficient (Wildman–Crippen LogP) is 4.22. The Labute approximate surface area is 125 Å². The summed E-state index contributed by atoms with van der Waals surface area (Å²) in [5, 5.41) is 20.1. The first-order valence-corrected chi connectivity index (χ1v) is 7.13. The van der Waals surface area contributed by atoms with Gasteiger partial charge in [-0.3, -0.25) is 0 Å². The molecule has 0 saturated carbocycles. The van der Waals surface area contributed by atoms with Crippen LogP contribution in [-0.4, -0.2) is 9.67 Å². The molecule has 2 aromatic rings. The number of benzene rings is 1. The first kappa shape index (κ1) is 15.0. The van der Waals surface area contributed by atoms with Crippen LogP contribution in [0.5, 0.6) is 0 Å². The molecule has 0 saturated heterocycles. The predicted molar refractivity (Wildman–Crippen MR) is 79.9 cm³/mol. The molecule has 2 rings (SSSR count). The van der Waals surface area contributed by atoms with Gasteiger partial charge in [-0.15, -0.1) is 0 Å². The summed E-state index contributed by atoms with van der Waals surface area (Å²) in [5.41, 5.74) is 0.0292. The summed E-state index contributed by atoms with van der Waals surface area (Å²) < 4.78 is 16.7. The Morgan fingerprint density at radius 3 is 2.45 bits per heavy atom. The fraction of sp³-hybridized carbons (Fsp3) is 0.400. The van der Waals surface area contributed by atoms with Crippen molar-refractivity contribution in [3.8, 4) is 6.07 Å². The molecule has 0 aliphatic rings. The Balaban J connectivity index is 3.09. The lowest BCUT2D eigenvalue weighted by Crippen LogP contribution is -2.23. The molecule has 0 aliphatic carbocycles. The lowest BCUT2D eigenvalue weighted by Gasteiger charge is -2.24. The van der Waals surface area contributed by atoms with E-state index in [9.17, 15) is 14.8 Å². The van der Waals surface area contributed by atoms with Crippen LogP contribution in [0.15, 0.2) is 16.6 Å². The molecule has 5 heteroatoms. The van der Waals surface area contributed by atoms with Crippen molar-refractivity contribution in [2.75, 3.05) is 0 Å². The van der Waals surface area contributed by atoms with Gasteiger partial charge in [-0.1, -0.05) is 15.9 Å². The molecule has 0 amide bonds. The van der Waals surface area contributed by atoms with Gasteiger partial charge in [0, 0.05) is 10.5 Å². The number of nitrogens with zero attached hydrogens (tertiary/aromatic N) is 2. The van der Waals surface area contributed by atoms with Crippen molar-refractivity contribution in [2.45, 2.75) is 39.3 Å². The molecule has 0 bridgehead atoms. The molecule has 0 radical (unpaired) electrons. The minimum atomic E-state index is -1.23. The van der Waals surface area contributed by atoms with Crippen molar-refractivity contribution >= 4 is 26.8 Å². The third kappa shape index (κ3) is 2.23. The summed E-state index contributed by atoms with van der Waals surface area (Å²) >= 11 is 3.27. The smallest absolute Gasteiger partial charge is 0.135 e. The van der Waals surface area contributed by atoms with Gasteiger partial charge < -0.3 is 9.67 Å². The summed E-state index contributed by atoms with van der Waals surface area (Å²) in [6, 6.07) is 5.15. The third-order valence-electron chi connectivity index (χ3n) is 3.23. The normalized spacial score (nSPS) is 12.2. The highest BCUT2D eigenvalue weighted by Gasteiger charge is 2.31. The number of hydrogen-bond acceptors (Lipinski definition) is 2. The minimum Gasteiger partial charge on any atom is -0.384 e. The lowest BCUT2D eigenvalue weighted by molar-refractivity contribution is 0.0688. The first-order valence-electron chi connectivity index (χ1n) is 6.34. The molecule has 1 N–H and O–H groups in total. The number of aliphatic hydroxyl groups is 1. The number of nitriles is 1. The summed E-state index contributed by atoms with van der Waals surface area (Å²) in [4.78, 5) is 0. The Kier molecular flexibility index (Phi) is 3.66. The lowest BCUT2D eigenvalue weighted by atomic mass is 9.99. The van der Waals surface area contributed by atoms with Crippen LogP contribution in [0.2, 0.25) is 0 Å². The van der Waals surface area contributed by atoms with Gasteiger partial charge >= 0.3 is 0 Å². The van der Waals surface area contributed by atoms with E-state index in [0.717, 1.165) is 0 Å². The van der Waals surface area contributed by atoms with Crippen LogP contribution in [-0.2, 0) is 5.60 Å². The average molecular weight is 339 g/mol. The van der Waals surface area contributed by atoms with Gasteiger partial charge in [-0.05, 0) is 39.8 Å². The van der Waals surface area contributed by atoms with Gasteiger partial charge in [0.1, 0.15) is 17.5 Å². The second kappa shape index (κ2) is 4.87. The number of fused-ring (bicyclic) bond motifs is 1. The Morgan fingerprint density at radius 1 is 1.40 bits per heavy atom. The van der Waals surface area contributed by atoms with Crippen molar-refractivity contribution in [1.29, 1.82) is 5.26 Å². The standard InChI is InChI=1S/C15H16BrFN2O/c1-8(2)19-12-6-9(16)5-11(17)13(12)10(7-18)14(19)15(3,4)20/h5-6,8,20H,1-4H3. The largest absolute Gasteiger partial charge is 0.384 e. The van der Waals surface area contributed by atoms with Gasteiger partial charge in [0.25, 0.3) is 0 Å². The second-order valence-electron chi connectivity index (χ2n) is 5.64. The van der Waals surface area contributed by atoms with E-state index in [4.69, 9.17) is 0 Å². The highest BCUT2D eigenvalue weighted by molar-refractivity contribution is 9.10. The van der Waals surface area contributed by atoms with Crippen molar-refractivity contribution in [3.63, 3.8) is 0 Å². The zero-order chi connectivity index (χ0) is 15.2. The molecule has 1 aromatic heterocycles. The van der Waals surface area contributed by atoms with E-state index in [2.05, 4.69) is 15.9 Å². The molecule has 0 unspecified atom stereocenters. The molecule has 1 aromatic carbocycles. The molecule has 106 valence electrons. The number of rotatable bonds is 2. The van der Waals surface area contributed by atoms with Crippen LogP contribution in [0.1, 0.15) is 45.0 Å². The Bertz CT molecular complexity index is 720. The molecule has 20 heavy (non-hydrogen) atoms. The maximum Gasteiger partial charge on any atom is 0.135 e. The van der Waals surface area contributed by atoms with Crippen LogP contribution in [0.4, 0.5) is 4.39 Å². The number of halogens is 2. The van der Waals surface area contributed by atoms with Crippen molar-refractivity contribution < 1.29 is 9.50 Å². The highest BCUT2D eigenvalue weighted by Crippen LogP contribution is 2.37. The van der Waals surface area contributed by atoms with E-state index >= 15 is 0 Å². The van der Waals surface area contributed by atoms with Crippen LogP contribution >= 0.6 is 15.9 Å². The van der Waals surface area contributed by atoms with E-state index < -0.39 is 11.4 Å². The summed E-state index contributed by atoms with van der Waals surface area (Å²) in [5.74, 6) is -0.462. The van der Waals surface area contributed by atoms with Gasteiger partial charge in [-0.2, -0.15) is 5.26 Å².